The molecule has 6 heteroatoms. The molecule has 0 saturated carbocycles. The number of benzene rings is 1. The zero-order valence-corrected chi connectivity index (χ0v) is 12.4. The predicted molar refractivity (Wildman–Crippen MR) is 84.4 cm³/mol. The molecule has 110 valence electrons. The molecule has 21 heavy (non-hydrogen) atoms. The number of nitrogens with zero attached hydrogens (tertiary/aromatic N) is 3. The zero-order valence-electron chi connectivity index (χ0n) is 12.4. The summed E-state index contributed by atoms with van der Waals surface area (Å²) in [7, 11) is 1.79. The quantitative estimate of drug-likeness (QED) is 0.663. The van der Waals surface area contributed by atoms with Crippen LogP contribution in [-0.2, 0) is 0 Å². The Morgan fingerprint density at radius 1 is 1.33 bits per heavy atom. The fourth-order valence-electron chi connectivity index (χ4n) is 2.04. The van der Waals surface area contributed by atoms with E-state index in [-0.39, 0.29) is 17.4 Å². The topological polar surface area (TPSA) is 88.0 Å². The Labute approximate surface area is 123 Å². The first kappa shape index (κ1) is 14.8. The second-order valence-electron chi connectivity index (χ2n) is 5.08. The molecule has 0 radical (unpaired) electrons. The number of hydrogen-bond acceptors (Lipinski definition) is 4. The Bertz CT molecular complexity index is 703. The fraction of sp³-hybridized carbons (Fsp3) is 0.267. The largest absolute Gasteiger partial charge is 0.384 e. The third-order valence-electron chi connectivity index (χ3n) is 3.29. The molecule has 0 spiro atoms. The molecule has 0 aliphatic heterocycles. The smallest absolute Gasteiger partial charge is 0.294 e. The summed E-state index contributed by atoms with van der Waals surface area (Å²) < 4.78 is 1.64. The maximum Gasteiger partial charge on any atom is 0.294 e. The van der Waals surface area contributed by atoms with Crippen LogP contribution in [0.3, 0.4) is 0 Å². The Kier molecular flexibility index (Phi) is 4.07. The molecule has 2 rings (SSSR count). The minimum absolute atomic E-state index is 0.0178. The highest BCUT2D eigenvalue weighted by molar-refractivity contribution is 5.95. The average Bonchev–Trinajstić information content (AvgIpc) is 2.46. The molecule has 0 unspecified atom stereocenters. The normalized spacial score (nSPS) is 10.7. The van der Waals surface area contributed by atoms with E-state index in [9.17, 15) is 4.79 Å². The molecular formula is C15H19N5O. The summed E-state index contributed by atoms with van der Waals surface area (Å²) in [5.41, 5.74) is 6.76. The van der Waals surface area contributed by atoms with Crippen LogP contribution in [0.1, 0.15) is 25.5 Å². The highest BCUT2D eigenvalue weighted by Crippen LogP contribution is 2.19. The van der Waals surface area contributed by atoms with Crippen LogP contribution < -0.4 is 16.2 Å². The number of nitrogens with two attached hydrogens (primary N) is 1. The molecule has 1 heterocycles. The lowest BCUT2D eigenvalue weighted by Crippen LogP contribution is -2.28. The molecule has 0 amide bonds. The van der Waals surface area contributed by atoms with E-state index in [1.54, 1.807) is 41.0 Å². The van der Waals surface area contributed by atoms with Gasteiger partial charge in [-0.2, -0.15) is 0 Å². The molecular weight excluding hydrogens is 266 g/mol. The van der Waals surface area contributed by atoms with E-state index < -0.39 is 0 Å². The summed E-state index contributed by atoms with van der Waals surface area (Å²) in [4.78, 5) is 18.3. The van der Waals surface area contributed by atoms with Crippen LogP contribution in [0.2, 0.25) is 0 Å². The fourth-order valence-corrected chi connectivity index (χ4v) is 2.04. The van der Waals surface area contributed by atoms with Crippen LogP contribution in [0.5, 0.6) is 0 Å². The maximum atomic E-state index is 12.4. The van der Waals surface area contributed by atoms with Gasteiger partial charge in [0.25, 0.3) is 5.56 Å². The molecule has 0 bridgehead atoms. The first-order chi connectivity index (χ1) is 9.91. The number of rotatable bonds is 4. The van der Waals surface area contributed by atoms with Crippen molar-refractivity contribution in [3.8, 4) is 0 Å². The van der Waals surface area contributed by atoms with Gasteiger partial charge in [0.1, 0.15) is 5.84 Å². The Morgan fingerprint density at radius 3 is 2.48 bits per heavy atom. The summed E-state index contributed by atoms with van der Waals surface area (Å²) in [5, 5.41) is 7.39. The van der Waals surface area contributed by atoms with Crippen molar-refractivity contribution in [2.75, 3.05) is 11.9 Å². The van der Waals surface area contributed by atoms with E-state index in [0.717, 1.165) is 5.69 Å². The number of anilines is 2. The second kappa shape index (κ2) is 5.78. The minimum Gasteiger partial charge on any atom is -0.384 e. The molecule has 6 nitrogen and oxygen atoms in total. The number of aromatic nitrogens is 2. The standard InChI is InChI=1S/C15H19N5O/c1-10(2)20-9-8-18-14(15(20)21)19(3)12-6-4-11(5-7-12)13(16)17/h4-10H,1-3H3,(H3,16,17). The van der Waals surface area contributed by atoms with Gasteiger partial charge in [0, 0.05) is 36.7 Å². The van der Waals surface area contributed by atoms with Gasteiger partial charge < -0.3 is 15.2 Å². The van der Waals surface area contributed by atoms with Crippen molar-refractivity contribution >= 4 is 17.3 Å². The lowest BCUT2D eigenvalue weighted by Gasteiger charge is -2.19. The predicted octanol–water partition coefficient (Wildman–Crippen LogP) is 1.88. The summed E-state index contributed by atoms with van der Waals surface area (Å²) in [6.07, 6.45) is 3.31. The van der Waals surface area contributed by atoms with E-state index in [1.807, 2.05) is 26.0 Å². The number of hydrogen-bond donors (Lipinski definition) is 2. The highest BCUT2D eigenvalue weighted by atomic mass is 16.1. The van der Waals surface area contributed by atoms with Gasteiger partial charge >= 0.3 is 0 Å². The van der Waals surface area contributed by atoms with Crippen molar-refractivity contribution < 1.29 is 0 Å². The van der Waals surface area contributed by atoms with E-state index in [0.29, 0.717) is 11.4 Å². The Hall–Kier alpha value is -2.63. The lowest BCUT2D eigenvalue weighted by atomic mass is 10.2. The maximum absolute atomic E-state index is 12.4. The SMILES string of the molecule is CC(C)n1ccnc(N(C)c2ccc(C(=N)N)cc2)c1=O. The molecule has 0 fully saturated rings. The van der Waals surface area contributed by atoms with E-state index in [1.165, 1.54) is 0 Å². The van der Waals surface area contributed by atoms with Gasteiger partial charge in [-0.25, -0.2) is 4.98 Å². The summed E-state index contributed by atoms with van der Waals surface area (Å²) in [6, 6.07) is 7.19. The lowest BCUT2D eigenvalue weighted by molar-refractivity contribution is 0.574. The molecule has 0 atom stereocenters. The first-order valence-corrected chi connectivity index (χ1v) is 6.67. The monoisotopic (exact) mass is 285 g/mol. The van der Waals surface area contributed by atoms with Gasteiger partial charge in [0.15, 0.2) is 5.82 Å². The van der Waals surface area contributed by atoms with Crippen LogP contribution in [0.15, 0.2) is 41.5 Å². The van der Waals surface area contributed by atoms with Gasteiger partial charge in [-0.15, -0.1) is 0 Å². The molecule has 0 aliphatic rings. The van der Waals surface area contributed by atoms with Crippen LogP contribution in [0, 0.1) is 5.41 Å². The Balaban J connectivity index is 2.40. The van der Waals surface area contributed by atoms with Crippen molar-refractivity contribution in [1.29, 1.82) is 5.41 Å². The number of nitrogen functional groups attached to an aromatic ring is 1. The molecule has 1 aromatic heterocycles. The molecule has 0 aliphatic carbocycles. The highest BCUT2D eigenvalue weighted by Gasteiger charge is 2.13. The van der Waals surface area contributed by atoms with Crippen molar-refractivity contribution in [2.45, 2.75) is 19.9 Å². The van der Waals surface area contributed by atoms with Gasteiger partial charge in [0.2, 0.25) is 0 Å². The summed E-state index contributed by atoms with van der Waals surface area (Å²) >= 11 is 0. The molecule has 3 N–H and O–H groups in total. The van der Waals surface area contributed by atoms with E-state index >= 15 is 0 Å². The van der Waals surface area contributed by atoms with Crippen molar-refractivity contribution in [3.05, 3.63) is 52.6 Å². The van der Waals surface area contributed by atoms with Gasteiger partial charge in [-0.05, 0) is 38.1 Å². The third kappa shape index (κ3) is 2.94. The van der Waals surface area contributed by atoms with Crippen molar-refractivity contribution in [1.82, 2.24) is 9.55 Å². The van der Waals surface area contributed by atoms with Crippen LogP contribution in [-0.4, -0.2) is 22.4 Å². The van der Waals surface area contributed by atoms with Gasteiger partial charge in [-0.1, -0.05) is 0 Å². The summed E-state index contributed by atoms with van der Waals surface area (Å²) in [5.74, 6) is 0.381. The van der Waals surface area contributed by atoms with Crippen LogP contribution in [0.25, 0.3) is 0 Å². The van der Waals surface area contributed by atoms with Crippen LogP contribution in [0.4, 0.5) is 11.5 Å². The first-order valence-electron chi connectivity index (χ1n) is 6.67. The second-order valence-corrected chi connectivity index (χ2v) is 5.08. The minimum atomic E-state index is -0.134. The molecule has 2 aromatic rings. The molecule has 0 saturated heterocycles. The van der Waals surface area contributed by atoms with Crippen LogP contribution >= 0.6 is 0 Å². The van der Waals surface area contributed by atoms with E-state index in [4.69, 9.17) is 11.1 Å². The zero-order chi connectivity index (χ0) is 15.6. The molecule has 1 aromatic carbocycles. The number of nitrogens with one attached hydrogen (secondary N) is 1. The van der Waals surface area contributed by atoms with E-state index in [2.05, 4.69) is 4.98 Å². The van der Waals surface area contributed by atoms with Gasteiger partial charge in [0.05, 0.1) is 0 Å². The van der Waals surface area contributed by atoms with Crippen molar-refractivity contribution in [2.24, 2.45) is 5.73 Å². The van der Waals surface area contributed by atoms with Gasteiger partial charge in [-0.3, -0.25) is 10.2 Å². The third-order valence-corrected chi connectivity index (χ3v) is 3.29. The number of amidine groups is 1. The Morgan fingerprint density at radius 2 is 1.95 bits per heavy atom. The average molecular weight is 285 g/mol. The summed E-state index contributed by atoms with van der Waals surface area (Å²) in [6.45, 7) is 3.90. The van der Waals surface area contributed by atoms with Crippen molar-refractivity contribution in [3.63, 3.8) is 0 Å².